The molecule has 2 saturated heterocycles. The molecule has 1 amide bonds. The molecule has 40 heavy (non-hydrogen) atoms. The minimum Gasteiger partial charge on any atom is -0.378 e. The number of benzene rings is 1. The van der Waals surface area contributed by atoms with Crippen molar-refractivity contribution in [2.75, 3.05) is 51.3 Å². The van der Waals surface area contributed by atoms with E-state index >= 15 is 0 Å². The number of aromatic nitrogens is 2. The monoisotopic (exact) mass is 557 g/mol. The fourth-order valence-electron chi connectivity index (χ4n) is 5.67. The molecule has 0 bridgehead atoms. The molecule has 5 rings (SSSR count). The third-order valence-electron chi connectivity index (χ3n) is 8.05. The molecule has 3 aromatic rings. The summed E-state index contributed by atoms with van der Waals surface area (Å²) in [6.45, 7) is 5.35. The van der Waals surface area contributed by atoms with Crippen LogP contribution in [0.1, 0.15) is 46.3 Å². The lowest BCUT2D eigenvalue weighted by Crippen LogP contribution is -2.36. The van der Waals surface area contributed by atoms with E-state index in [1.165, 1.54) is 19.2 Å². The standard InChI is InChI=1S/C29H34F3N5O3/c1-19-20(5-3-7-24(19)29(30,31)32)17-37-18-23(28(39)33-9-8-21-6-4-10-35(21)2)27(38)26-25(37)15-22(16-34-26)36-11-13-40-14-12-36/h3,5,7,15-16,18,21H,4,6,8-14,17H2,1-2H3,(H,33,39). The van der Waals surface area contributed by atoms with Gasteiger partial charge in [0.25, 0.3) is 5.91 Å². The fraction of sp³-hybridized carbons (Fsp3) is 0.483. The van der Waals surface area contributed by atoms with Crippen LogP contribution in [0, 0.1) is 6.92 Å². The van der Waals surface area contributed by atoms with Crippen molar-refractivity contribution in [2.45, 2.75) is 44.9 Å². The quantitative estimate of drug-likeness (QED) is 0.476. The number of pyridine rings is 2. The topological polar surface area (TPSA) is 79.7 Å². The summed E-state index contributed by atoms with van der Waals surface area (Å²) in [7, 11) is 2.06. The zero-order valence-electron chi connectivity index (χ0n) is 22.8. The number of hydrogen-bond donors (Lipinski definition) is 1. The Hall–Kier alpha value is -3.44. The summed E-state index contributed by atoms with van der Waals surface area (Å²) < 4.78 is 48.0. The number of anilines is 1. The van der Waals surface area contributed by atoms with Crippen molar-refractivity contribution in [3.8, 4) is 0 Å². The van der Waals surface area contributed by atoms with Gasteiger partial charge in [-0.3, -0.25) is 9.59 Å². The Bertz CT molecular complexity index is 1450. The van der Waals surface area contributed by atoms with Crippen molar-refractivity contribution in [3.63, 3.8) is 0 Å². The average Bonchev–Trinajstić information content (AvgIpc) is 3.35. The predicted molar refractivity (Wildman–Crippen MR) is 147 cm³/mol. The van der Waals surface area contributed by atoms with Gasteiger partial charge in [-0.15, -0.1) is 0 Å². The molecule has 8 nitrogen and oxygen atoms in total. The molecule has 214 valence electrons. The second-order valence-corrected chi connectivity index (χ2v) is 10.6. The fourth-order valence-corrected chi connectivity index (χ4v) is 5.67. The van der Waals surface area contributed by atoms with Crippen LogP contribution in [0.15, 0.2) is 41.5 Å². The van der Waals surface area contributed by atoms with Crippen LogP contribution in [0.25, 0.3) is 11.0 Å². The lowest BCUT2D eigenvalue weighted by atomic mass is 10.0. The molecule has 11 heteroatoms. The maximum atomic E-state index is 13.6. The lowest BCUT2D eigenvalue weighted by Gasteiger charge is -2.29. The maximum Gasteiger partial charge on any atom is 0.416 e. The molecule has 0 spiro atoms. The highest BCUT2D eigenvalue weighted by atomic mass is 19.4. The molecule has 1 N–H and O–H groups in total. The Morgan fingerprint density at radius 2 is 1.98 bits per heavy atom. The number of nitrogens with one attached hydrogen (secondary N) is 1. The Labute approximate surface area is 230 Å². The number of ether oxygens (including phenoxy) is 1. The molecule has 0 aliphatic carbocycles. The maximum absolute atomic E-state index is 13.6. The molecule has 0 saturated carbocycles. The van der Waals surface area contributed by atoms with Crippen LogP contribution in [0.5, 0.6) is 0 Å². The molecule has 0 radical (unpaired) electrons. The van der Waals surface area contributed by atoms with Gasteiger partial charge in [-0.05, 0) is 63.0 Å². The van der Waals surface area contributed by atoms with E-state index in [-0.39, 0.29) is 23.2 Å². The van der Waals surface area contributed by atoms with Gasteiger partial charge in [0.15, 0.2) is 0 Å². The van der Waals surface area contributed by atoms with Crippen LogP contribution in [0.2, 0.25) is 0 Å². The zero-order valence-corrected chi connectivity index (χ0v) is 22.8. The summed E-state index contributed by atoms with van der Waals surface area (Å²) in [5.74, 6) is -0.513. The second-order valence-electron chi connectivity index (χ2n) is 10.6. The number of rotatable bonds is 7. The van der Waals surface area contributed by atoms with Crippen LogP contribution in [-0.2, 0) is 17.5 Å². The first-order valence-electron chi connectivity index (χ1n) is 13.6. The smallest absolute Gasteiger partial charge is 0.378 e. The highest BCUT2D eigenvalue weighted by molar-refractivity contribution is 5.97. The zero-order chi connectivity index (χ0) is 28.4. The predicted octanol–water partition coefficient (Wildman–Crippen LogP) is 3.82. The van der Waals surface area contributed by atoms with E-state index in [0.29, 0.717) is 50.0 Å². The summed E-state index contributed by atoms with van der Waals surface area (Å²) in [6.07, 6.45) is 1.53. The number of halogens is 3. The van der Waals surface area contributed by atoms with E-state index in [1.54, 1.807) is 16.8 Å². The first kappa shape index (κ1) is 28.1. The van der Waals surface area contributed by atoms with Crippen LogP contribution in [0.4, 0.5) is 18.9 Å². The van der Waals surface area contributed by atoms with Gasteiger partial charge in [0, 0.05) is 38.4 Å². The molecule has 1 aromatic carbocycles. The number of carbonyl (C=O) groups excluding carboxylic acids is 1. The van der Waals surface area contributed by atoms with Crippen molar-refractivity contribution < 1.29 is 22.7 Å². The minimum absolute atomic E-state index is 0.0356. The van der Waals surface area contributed by atoms with Crippen molar-refractivity contribution in [2.24, 2.45) is 0 Å². The van der Waals surface area contributed by atoms with Crippen molar-refractivity contribution in [3.05, 3.63) is 69.1 Å². The Morgan fingerprint density at radius 3 is 2.67 bits per heavy atom. The summed E-state index contributed by atoms with van der Waals surface area (Å²) in [6, 6.07) is 6.27. The number of likely N-dealkylation sites (tertiary alicyclic amines) is 1. The van der Waals surface area contributed by atoms with Gasteiger partial charge in [-0.2, -0.15) is 13.2 Å². The Balaban J connectivity index is 1.52. The van der Waals surface area contributed by atoms with E-state index in [2.05, 4.69) is 27.1 Å². The molecule has 4 heterocycles. The van der Waals surface area contributed by atoms with E-state index in [1.807, 2.05) is 6.07 Å². The molecule has 1 unspecified atom stereocenters. The molecular weight excluding hydrogens is 523 g/mol. The molecule has 2 aliphatic heterocycles. The number of nitrogens with zero attached hydrogens (tertiary/aromatic N) is 4. The van der Waals surface area contributed by atoms with E-state index < -0.39 is 23.1 Å². The van der Waals surface area contributed by atoms with Gasteiger partial charge in [-0.25, -0.2) is 4.98 Å². The van der Waals surface area contributed by atoms with Gasteiger partial charge in [0.05, 0.1) is 36.2 Å². The SMILES string of the molecule is Cc1c(Cn2cc(C(=O)NCCC3CCCN3C)c(=O)c3ncc(N4CCOCC4)cc32)cccc1C(F)(F)F. The van der Waals surface area contributed by atoms with Crippen LogP contribution >= 0.6 is 0 Å². The van der Waals surface area contributed by atoms with Gasteiger partial charge < -0.3 is 24.4 Å². The Kier molecular flexibility index (Phi) is 8.14. The third kappa shape index (κ3) is 5.85. The molecule has 2 fully saturated rings. The van der Waals surface area contributed by atoms with Crippen molar-refractivity contribution in [1.29, 1.82) is 0 Å². The highest BCUT2D eigenvalue weighted by Crippen LogP contribution is 2.33. The minimum atomic E-state index is -4.49. The van der Waals surface area contributed by atoms with Gasteiger partial charge in [0.1, 0.15) is 11.1 Å². The number of hydrogen-bond acceptors (Lipinski definition) is 6. The van der Waals surface area contributed by atoms with Gasteiger partial charge in [0.2, 0.25) is 5.43 Å². The highest BCUT2D eigenvalue weighted by Gasteiger charge is 2.33. The number of alkyl halides is 3. The summed E-state index contributed by atoms with van der Waals surface area (Å²) in [4.78, 5) is 35.5. The molecule has 1 atom stereocenters. The van der Waals surface area contributed by atoms with E-state index in [0.717, 1.165) is 37.6 Å². The summed E-state index contributed by atoms with van der Waals surface area (Å²) in [5, 5.41) is 2.87. The van der Waals surface area contributed by atoms with Crippen LogP contribution < -0.4 is 15.6 Å². The first-order chi connectivity index (χ1) is 19.1. The van der Waals surface area contributed by atoms with E-state index in [4.69, 9.17) is 4.74 Å². The Morgan fingerprint density at radius 1 is 1.20 bits per heavy atom. The van der Waals surface area contributed by atoms with Gasteiger partial charge in [-0.1, -0.05) is 12.1 Å². The molecule has 2 aliphatic rings. The van der Waals surface area contributed by atoms with E-state index in [9.17, 15) is 22.8 Å². The summed E-state index contributed by atoms with van der Waals surface area (Å²) in [5.41, 5.74) is 0.581. The van der Waals surface area contributed by atoms with Gasteiger partial charge >= 0.3 is 6.18 Å². The average molecular weight is 558 g/mol. The number of morpholine rings is 1. The number of carbonyl (C=O) groups is 1. The van der Waals surface area contributed by atoms with Crippen molar-refractivity contribution in [1.82, 2.24) is 19.8 Å². The number of amides is 1. The lowest BCUT2D eigenvalue weighted by molar-refractivity contribution is -0.138. The normalized spacial score (nSPS) is 18.4. The third-order valence-corrected chi connectivity index (χ3v) is 8.05. The second kappa shape index (κ2) is 11.6. The van der Waals surface area contributed by atoms with Crippen molar-refractivity contribution >= 4 is 22.6 Å². The first-order valence-corrected chi connectivity index (χ1v) is 13.6. The summed E-state index contributed by atoms with van der Waals surface area (Å²) >= 11 is 0. The largest absolute Gasteiger partial charge is 0.416 e. The van der Waals surface area contributed by atoms with Crippen LogP contribution in [-0.4, -0.2) is 72.8 Å². The molecular formula is C29H34F3N5O3. The molecule has 2 aromatic heterocycles. The number of fused-ring (bicyclic) bond motifs is 1. The van der Waals surface area contributed by atoms with Crippen LogP contribution in [0.3, 0.4) is 0 Å².